The standard InChI is InChI=1S/C26H27N5O5S2/c1-18-25(21-6-4-3-5-7-21)19(2)31(29-18)22-10-8-20(9-11-22)16-17-28-26(32)30-38(35,36)24-14-12-23(13-15-24)37(27,33)34/h3-15H,16-17H2,1-2H3,(H2,27,33,34)(H2,28,30,32). The quantitative estimate of drug-likeness (QED) is 0.305. The predicted molar refractivity (Wildman–Crippen MR) is 144 cm³/mol. The van der Waals surface area contributed by atoms with Gasteiger partial charge >= 0.3 is 6.03 Å². The largest absolute Gasteiger partial charge is 0.337 e. The number of nitrogens with one attached hydrogen (secondary N) is 2. The maximum atomic E-state index is 12.4. The van der Waals surface area contributed by atoms with Gasteiger partial charge in [-0.15, -0.1) is 0 Å². The number of urea groups is 1. The molecule has 38 heavy (non-hydrogen) atoms. The molecule has 0 spiro atoms. The maximum absolute atomic E-state index is 12.4. The van der Waals surface area contributed by atoms with Crippen molar-refractivity contribution in [3.63, 3.8) is 0 Å². The van der Waals surface area contributed by atoms with Gasteiger partial charge in [0.15, 0.2) is 0 Å². The number of hydrogen-bond donors (Lipinski definition) is 3. The minimum atomic E-state index is -4.19. The molecule has 4 N–H and O–H groups in total. The topological polar surface area (TPSA) is 153 Å². The molecule has 0 saturated carbocycles. The average molecular weight is 554 g/mol. The van der Waals surface area contributed by atoms with Crippen molar-refractivity contribution in [1.29, 1.82) is 0 Å². The first-order chi connectivity index (χ1) is 18.0. The maximum Gasteiger partial charge on any atom is 0.328 e. The molecule has 0 saturated heterocycles. The number of sulfonamides is 2. The van der Waals surface area contributed by atoms with Gasteiger partial charge in [-0.05, 0) is 67.8 Å². The van der Waals surface area contributed by atoms with E-state index in [1.54, 1.807) is 0 Å². The van der Waals surface area contributed by atoms with Gasteiger partial charge in [-0.2, -0.15) is 5.10 Å². The number of nitrogens with two attached hydrogens (primary N) is 1. The summed E-state index contributed by atoms with van der Waals surface area (Å²) < 4.78 is 51.2. The number of hydrogen-bond acceptors (Lipinski definition) is 6. The fraction of sp³-hybridized carbons (Fsp3) is 0.154. The Hall–Kier alpha value is -4.00. The number of rotatable bonds is 8. The Morgan fingerprint density at radius 1 is 0.868 bits per heavy atom. The van der Waals surface area contributed by atoms with Crippen LogP contribution in [0, 0.1) is 13.8 Å². The Morgan fingerprint density at radius 3 is 2.08 bits per heavy atom. The van der Waals surface area contributed by atoms with Crippen LogP contribution in [0.1, 0.15) is 17.0 Å². The molecule has 4 rings (SSSR count). The van der Waals surface area contributed by atoms with Crippen LogP contribution in [-0.2, 0) is 26.5 Å². The molecule has 12 heteroatoms. The summed E-state index contributed by atoms with van der Waals surface area (Å²) >= 11 is 0. The van der Waals surface area contributed by atoms with Gasteiger partial charge < -0.3 is 5.32 Å². The summed E-state index contributed by atoms with van der Waals surface area (Å²) in [5.41, 5.74) is 6.02. The summed E-state index contributed by atoms with van der Waals surface area (Å²) in [6.07, 6.45) is 0.475. The first-order valence-corrected chi connectivity index (χ1v) is 14.6. The molecule has 1 aromatic heterocycles. The highest BCUT2D eigenvalue weighted by molar-refractivity contribution is 7.90. The van der Waals surface area contributed by atoms with E-state index in [0.717, 1.165) is 58.0 Å². The summed E-state index contributed by atoms with van der Waals surface area (Å²) in [6, 6.07) is 21.2. The number of primary sulfonamides is 1. The van der Waals surface area contributed by atoms with E-state index in [4.69, 9.17) is 10.2 Å². The SMILES string of the molecule is Cc1nn(-c2ccc(CCNC(=O)NS(=O)(=O)c3ccc(S(N)(=O)=O)cc3)cc2)c(C)c1-c1ccccc1. The minimum Gasteiger partial charge on any atom is -0.337 e. The molecule has 0 atom stereocenters. The number of nitrogens with zero attached hydrogens (tertiary/aromatic N) is 2. The lowest BCUT2D eigenvalue weighted by Crippen LogP contribution is -2.40. The average Bonchev–Trinajstić information content (AvgIpc) is 3.18. The van der Waals surface area contributed by atoms with Crippen LogP contribution in [0.4, 0.5) is 4.79 Å². The highest BCUT2D eigenvalue weighted by Gasteiger charge is 2.19. The zero-order valence-corrected chi connectivity index (χ0v) is 22.4. The zero-order chi connectivity index (χ0) is 27.5. The molecule has 10 nitrogen and oxygen atoms in total. The van der Waals surface area contributed by atoms with Crippen molar-refractivity contribution in [2.75, 3.05) is 6.54 Å². The van der Waals surface area contributed by atoms with E-state index in [9.17, 15) is 21.6 Å². The molecule has 0 aliphatic rings. The number of carbonyl (C=O) groups excluding carboxylic acids is 1. The Morgan fingerprint density at radius 2 is 1.47 bits per heavy atom. The van der Waals surface area contributed by atoms with E-state index in [0.29, 0.717) is 6.42 Å². The van der Waals surface area contributed by atoms with E-state index in [2.05, 4.69) is 17.4 Å². The Labute approximate surface area is 221 Å². The van der Waals surface area contributed by atoms with Gasteiger partial charge in [0, 0.05) is 17.8 Å². The molecule has 4 aromatic rings. The summed E-state index contributed by atoms with van der Waals surface area (Å²) in [6.45, 7) is 4.21. The van der Waals surface area contributed by atoms with Gasteiger partial charge in [0.05, 0.1) is 21.2 Å². The third kappa shape index (κ3) is 6.10. The van der Waals surface area contributed by atoms with E-state index < -0.39 is 26.1 Å². The lowest BCUT2D eigenvalue weighted by Gasteiger charge is -2.10. The van der Waals surface area contributed by atoms with Crippen molar-refractivity contribution >= 4 is 26.1 Å². The van der Waals surface area contributed by atoms with Crippen LogP contribution < -0.4 is 15.2 Å². The molecular weight excluding hydrogens is 526 g/mol. The van der Waals surface area contributed by atoms with Crippen molar-refractivity contribution in [3.8, 4) is 16.8 Å². The van der Waals surface area contributed by atoms with E-state index >= 15 is 0 Å². The molecule has 0 fully saturated rings. The van der Waals surface area contributed by atoms with Gasteiger partial charge in [0.25, 0.3) is 10.0 Å². The molecule has 0 unspecified atom stereocenters. The van der Waals surface area contributed by atoms with E-state index in [-0.39, 0.29) is 16.3 Å². The van der Waals surface area contributed by atoms with Crippen molar-refractivity contribution in [2.24, 2.45) is 5.14 Å². The smallest absolute Gasteiger partial charge is 0.328 e. The summed E-state index contributed by atoms with van der Waals surface area (Å²) in [5.74, 6) is 0. The second-order valence-electron chi connectivity index (χ2n) is 8.62. The lowest BCUT2D eigenvalue weighted by atomic mass is 10.0. The van der Waals surface area contributed by atoms with Crippen molar-refractivity contribution in [1.82, 2.24) is 19.8 Å². The summed E-state index contributed by atoms with van der Waals surface area (Å²) in [5, 5.41) is 12.2. The fourth-order valence-corrected chi connectivity index (χ4v) is 5.51. The molecule has 198 valence electrons. The van der Waals surface area contributed by atoms with Crippen LogP contribution in [0.25, 0.3) is 16.8 Å². The van der Waals surface area contributed by atoms with E-state index in [1.165, 1.54) is 0 Å². The van der Waals surface area contributed by atoms with Crippen molar-refractivity contribution < 1.29 is 21.6 Å². The number of carbonyl (C=O) groups is 1. The molecule has 0 bridgehead atoms. The molecule has 1 heterocycles. The van der Waals surface area contributed by atoms with Crippen LogP contribution in [0.5, 0.6) is 0 Å². The van der Waals surface area contributed by atoms with Crippen LogP contribution in [0.15, 0.2) is 88.7 Å². The predicted octanol–water partition coefficient (Wildman–Crippen LogP) is 3.03. The second-order valence-corrected chi connectivity index (χ2v) is 11.9. The first-order valence-electron chi connectivity index (χ1n) is 11.6. The number of benzene rings is 3. The van der Waals surface area contributed by atoms with Gasteiger partial charge in [-0.25, -0.2) is 36.2 Å². The highest BCUT2D eigenvalue weighted by Crippen LogP contribution is 2.28. The van der Waals surface area contributed by atoms with Crippen molar-refractivity contribution in [2.45, 2.75) is 30.1 Å². The Bertz CT molecular complexity index is 1660. The fourth-order valence-electron chi connectivity index (χ4n) is 4.07. The summed E-state index contributed by atoms with van der Waals surface area (Å²) in [4.78, 5) is 11.6. The highest BCUT2D eigenvalue weighted by atomic mass is 32.2. The Kier molecular flexibility index (Phi) is 7.67. The minimum absolute atomic E-state index is 0.198. The number of aryl methyl sites for hydroxylation is 1. The molecule has 3 aromatic carbocycles. The van der Waals surface area contributed by atoms with Crippen LogP contribution >= 0.6 is 0 Å². The third-order valence-corrected chi connectivity index (χ3v) is 8.20. The van der Waals surface area contributed by atoms with Gasteiger partial charge in [0.1, 0.15) is 0 Å². The monoisotopic (exact) mass is 553 g/mol. The zero-order valence-electron chi connectivity index (χ0n) is 20.7. The van der Waals surface area contributed by atoms with Crippen molar-refractivity contribution in [3.05, 3.63) is 95.8 Å². The van der Waals surface area contributed by atoms with Gasteiger partial charge in [-0.3, -0.25) is 0 Å². The summed E-state index contributed by atoms with van der Waals surface area (Å²) in [7, 11) is -8.15. The van der Waals surface area contributed by atoms with Crippen LogP contribution in [0.3, 0.4) is 0 Å². The van der Waals surface area contributed by atoms with E-state index in [1.807, 2.05) is 65.7 Å². The van der Waals surface area contributed by atoms with Gasteiger partial charge in [-0.1, -0.05) is 42.5 Å². The van der Waals surface area contributed by atoms with Crippen LogP contribution in [-0.4, -0.2) is 39.2 Å². The number of amides is 2. The lowest BCUT2D eigenvalue weighted by molar-refractivity contribution is 0.246. The molecule has 0 radical (unpaired) electrons. The molecule has 0 aliphatic carbocycles. The normalized spacial score (nSPS) is 11.8. The van der Waals surface area contributed by atoms with Gasteiger partial charge in [0.2, 0.25) is 10.0 Å². The second kappa shape index (κ2) is 10.8. The third-order valence-electron chi connectivity index (χ3n) is 5.92. The Balaban J connectivity index is 1.34. The molecule has 0 aliphatic heterocycles. The molecular formula is C26H27N5O5S2. The first kappa shape index (κ1) is 27.0. The molecule has 2 amide bonds. The number of aromatic nitrogens is 2. The van der Waals surface area contributed by atoms with Crippen LogP contribution in [0.2, 0.25) is 0 Å².